The van der Waals surface area contributed by atoms with Gasteiger partial charge in [-0.05, 0) is 56.9 Å². The Bertz CT molecular complexity index is 610. The fourth-order valence-corrected chi connectivity index (χ4v) is 2.80. The fraction of sp³-hybridized carbons (Fsp3) is 0.438. The third kappa shape index (κ3) is 2.08. The van der Waals surface area contributed by atoms with Crippen molar-refractivity contribution in [2.24, 2.45) is 12.8 Å². The smallest absolute Gasteiger partial charge is 0.122 e. The lowest BCUT2D eigenvalue weighted by atomic mass is 9.91. The van der Waals surface area contributed by atoms with Gasteiger partial charge in [-0.1, -0.05) is 6.07 Å². The molecule has 2 aromatic rings. The van der Waals surface area contributed by atoms with Gasteiger partial charge in [0, 0.05) is 12.6 Å². The molecule has 2 rings (SSSR count). The number of rotatable bonds is 2. The van der Waals surface area contributed by atoms with Crippen LogP contribution < -0.4 is 5.73 Å². The second kappa shape index (κ2) is 4.82. The molecule has 0 amide bonds. The summed E-state index contributed by atoms with van der Waals surface area (Å²) in [6.45, 7) is 11.2. The SMILES string of the molecule is Cc1cc(C)c(C)c(-c2c(C)nc(CN)n2C)c1C. The van der Waals surface area contributed by atoms with Crippen molar-refractivity contribution >= 4 is 0 Å². The summed E-state index contributed by atoms with van der Waals surface area (Å²) in [6, 6.07) is 2.25. The molecule has 0 aliphatic heterocycles. The van der Waals surface area contributed by atoms with Crippen molar-refractivity contribution in [1.29, 1.82) is 0 Å². The molecule has 1 aromatic heterocycles. The Morgan fingerprint density at radius 3 is 2.00 bits per heavy atom. The zero-order chi connectivity index (χ0) is 14.3. The van der Waals surface area contributed by atoms with Crippen molar-refractivity contribution in [3.63, 3.8) is 0 Å². The maximum absolute atomic E-state index is 5.76. The van der Waals surface area contributed by atoms with E-state index in [-0.39, 0.29) is 0 Å². The van der Waals surface area contributed by atoms with E-state index in [1.54, 1.807) is 0 Å². The van der Waals surface area contributed by atoms with Crippen LogP contribution in [-0.4, -0.2) is 9.55 Å². The van der Waals surface area contributed by atoms with E-state index in [1.165, 1.54) is 33.5 Å². The molecule has 0 spiro atoms. The Morgan fingerprint density at radius 1 is 1.05 bits per heavy atom. The standard InChI is InChI=1S/C16H23N3/c1-9-7-10(2)12(4)15(11(9)3)16-13(5)18-14(8-17)19(16)6/h7H,8,17H2,1-6H3. The second-order valence-electron chi connectivity index (χ2n) is 5.36. The zero-order valence-corrected chi connectivity index (χ0v) is 12.8. The fourth-order valence-electron chi connectivity index (χ4n) is 2.80. The number of benzene rings is 1. The summed E-state index contributed by atoms with van der Waals surface area (Å²) in [5, 5.41) is 0. The molecule has 0 saturated carbocycles. The Kier molecular flexibility index (Phi) is 3.50. The van der Waals surface area contributed by atoms with E-state index < -0.39 is 0 Å². The number of hydrogen-bond donors (Lipinski definition) is 1. The van der Waals surface area contributed by atoms with E-state index in [9.17, 15) is 0 Å². The van der Waals surface area contributed by atoms with Crippen LogP contribution in [0, 0.1) is 34.6 Å². The molecule has 102 valence electrons. The maximum atomic E-state index is 5.76. The normalized spacial score (nSPS) is 11.1. The highest BCUT2D eigenvalue weighted by Gasteiger charge is 2.18. The monoisotopic (exact) mass is 257 g/mol. The highest BCUT2D eigenvalue weighted by molar-refractivity contribution is 5.73. The molecule has 0 atom stereocenters. The quantitative estimate of drug-likeness (QED) is 0.898. The topological polar surface area (TPSA) is 43.8 Å². The molecule has 0 unspecified atom stereocenters. The van der Waals surface area contributed by atoms with Crippen molar-refractivity contribution in [3.05, 3.63) is 39.8 Å². The van der Waals surface area contributed by atoms with E-state index in [1.807, 2.05) is 7.05 Å². The highest BCUT2D eigenvalue weighted by atomic mass is 15.1. The van der Waals surface area contributed by atoms with Crippen molar-refractivity contribution in [2.45, 2.75) is 41.2 Å². The number of aryl methyl sites for hydroxylation is 3. The first-order valence-corrected chi connectivity index (χ1v) is 6.68. The van der Waals surface area contributed by atoms with Crippen LogP contribution in [0.3, 0.4) is 0 Å². The third-order valence-corrected chi connectivity index (χ3v) is 4.15. The van der Waals surface area contributed by atoms with Crippen LogP contribution in [0.1, 0.15) is 33.8 Å². The Morgan fingerprint density at radius 2 is 1.58 bits per heavy atom. The lowest BCUT2D eigenvalue weighted by Gasteiger charge is -2.17. The summed E-state index contributed by atoms with van der Waals surface area (Å²) in [5.41, 5.74) is 14.6. The summed E-state index contributed by atoms with van der Waals surface area (Å²) < 4.78 is 2.13. The van der Waals surface area contributed by atoms with Crippen LogP contribution >= 0.6 is 0 Å². The highest BCUT2D eigenvalue weighted by Crippen LogP contribution is 2.33. The summed E-state index contributed by atoms with van der Waals surface area (Å²) in [5.74, 6) is 0.936. The summed E-state index contributed by atoms with van der Waals surface area (Å²) in [7, 11) is 2.05. The maximum Gasteiger partial charge on any atom is 0.122 e. The third-order valence-electron chi connectivity index (χ3n) is 4.15. The average molecular weight is 257 g/mol. The molecule has 1 heterocycles. The van der Waals surface area contributed by atoms with Gasteiger partial charge in [-0.25, -0.2) is 4.98 Å². The molecule has 1 aromatic carbocycles. The van der Waals surface area contributed by atoms with Crippen LogP contribution in [-0.2, 0) is 13.6 Å². The molecular formula is C16H23N3. The zero-order valence-electron chi connectivity index (χ0n) is 12.8. The predicted octanol–water partition coefficient (Wildman–Crippen LogP) is 3.09. The molecule has 19 heavy (non-hydrogen) atoms. The number of aromatic nitrogens is 2. The number of nitrogens with two attached hydrogens (primary N) is 1. The molecule has 0 fully saturated rings. The molecule has 3 heteroatoms. The number of nitrogens with zero attached hydrogens (tertiary/aromatic N) is 2. The Balaban J connectivity index is 2.83. The lowest BCUT2D eigenvalue weighted by Crippen LogP contribution is -2.06. The van der Waals surface area contributed by atoms with Crippen molar-refractivity contribution in [2.75, 3.05) is 0 Å². The van der Waals surface area contributed by atoms with Crippen LogP contribution in [0.2, 0.25) is 0 Å². The first-order chi connectivity index (χ1) is 8.88. The molecular weight excluding hydrogens is 234 g/mol. The summed E-state index contributed by atoms with van der Waals surface area (Å²) >= 11 is 0. The minimum atomic E-state index is 0.472. The van der Waals surface area contributed by atoms with Crippen LogP contribution in [0.5, 0.6) is 0 Å². The molecule has 3 nitrogen and oxygen atoms in total. The molecule has 0 saturated heterocycles. The number of imidazole rings is 1. The van der Waals surface area contributed by atoms with Gasteiger partial charge in [-0.2, -0.15) is 0 Å². The van der Waals surface area contributed by atoms with Crippen LogP contribution in [0.15, 0.2) is 6.07 Å². The molecule has 0 bridgehead atoms. The lowest BCUT2D eigenvalue weighted by molar-refractivity contribution is 0.797. The van der Waals surface area contributed by atoms with E-state index in [4.69, 9.17) is 5.73 Å². The molecule has 0 radical (unpaired) electrons. The van der Waals surface area contributed by atoms with E-state index in [0.717, 1.165) is 11.5 Å². The number of hydrogen-bond acceptors (Lipinski definition) is 2. The van der Waals surface area contributed by atoms with E-state index >= 15 is 0 Å². The van der Waals surface area contributed by atoms with Gasteiger partial charge in [0.05, 0.1) is 17.9 Å². The van der Waals surface area contributed by atoms with Gasteiger partial charge < -0.3 is 10.3 Å². The van der Waals surface area contributed by atoms with Gasteiger partial charge in [0.1, 0.15) is 5.82 Å². The first-order valence-electron chi connectivity index (χ1n) is 6.68. The Labute approximate surface area is 115 Å². The minimum Gasteiger partial charge on any atom is -0.330 e. The molecule has 0 aliphatic rings. The van der Waals surface area contributed by atoms with Gasteiger partial charge in [-0.3, -0.25) is 0 Å². The van der Waals surface area contributed by atoms with Gasteiger partial charge in [0.15, 0.2) is 0 Å². The van der Waals surface area contributed by atoms with Crippen molar-refractivity contribution < 1.29 is 0 Å². The molecule has 2 N–H and O–H groups in total. The van der Waals surface area contributed by atoms with Gasteiger partial charge in [0.2, 0.25) is 0 Å². The Hall–Kier alpha value is -1.61. The largest absolute Gasteiger partial charge is 0.330 e. The second-order valence-corrected chi connectivity index (χ2v) is 5.36. The van der Waals surface area contributed by atoms with Gasteiger partial charge in [-0.15, -0.1) is 0 Å². The first kappa shape index (κ1) is 13.8. The van der Waals surface area contributed by atoms with Gasteiger partial charge in [0.25, 0.3) is 0 Å². The van der Waals surface area contributed by atoms with E-state index in [0.29, 0.717) is 6.54 Å². The van der Waals surface area contributed by atoms with Crippen LogP contribution in [0.25, 0.3) is 11.3 Å². The molecule has 0 aliphatic carbocycles. The predicted molar refractivity (Wildman–Crippen MR) is 80.2 cm³/mol. The summed E-state index contributed by atoms with van der Waals surface area (Å²) in [6.07, 6.45) is 0. The summed E-state index contributed by atoms with van der Waals surface area (Å²) in [4.78, 5) is 4.58. The van der Waals surface area contributed by atoms with Crippen molar-refractivity contribution in [3.8, 4) is 11.3 Å². The van der Waals surface area contributed by atoms with Crippen LogP contribution in [0.4, 0.5) is 0 Å². The van der Waals surface area contributed by atoms with Crippen molar-refractivity contribution in [1.82, 2.24) is 9.55 Å². The van der Waals surface area contributed by atoms with Gasteiger partial charge >= 0.3 is 0 Å². The average Bonchev–Trinajstić information content (AvgIpc) is 2.64. The van der Waals surface area contributed by atoms with E-state index in [2.05, 4.69) is 50.2 Å². The minimum absolute atomic E-state index is 0.472.